The number of ether oxygens (including phenoxy) is 2. The Hall–Kier alpha value is -1.81. The fourth-order valence-corrected chi connectivity index (χ4v) is 2.16. The van der Waals surface area contributed by atoms with Crippen LogP contribution in [-0.4, -0.2) is 24.0 Å². The monoisotopic (exact) mass is 260 g/mol. The predicted octanol–water partition coefficient (Wildman–Crippen LogP) is 3.03. The van der Waals surface area contributed by atoms with Crippen molar-refractivity contribution in [3.63, 3.8) is 0 Å². The molecule has 1 aromatic heterocycles. The molecule has 0 bridgehead atoms. The molecular weight excluding hydrogens is 240 g/mol. The van der Waals surface area contributed by atoms with Crippen LogP contribution in [0, 0.1) is 6.92 Å². The first-order valence-electron chi connectivity index (χ1n) is 6.40. The molecule has 1 aromatic carbocycles. The third-order valence-electron chi connectivity index (χ3n) is 3.06. The van der Waals surface area contributed by atoms with Crippen molar-refractivity contribution in [2.45, 2.75) is 27.0 Å². The summed E-state index contributed by atoms with van der Waals surface area (Å²) in [6.07, 6.45) is 0. The van der Waals surface area contributed by atoms with E-state index in [2.05, 4.69) is 37.1 Å². The molecule has 0 atom stereocenters. The molecule has 0 saturated heterocycles. The highest BCUT2D eigenvalue weighted by Crippen LogP contribution is 2.31. The number of aryl methyl sites for hydroxylation is 2. The fourth-order valence-electron chi connectivity index (χ4n) is 2.16. The van der Waals surface area contributed by atoms with Gasteiger partial charge in [-0.2, -0.15) is 5.10 Å². The normalized spacial score (nSPS) is 10.7. The lowest BCUT2D eigenvalue weighted by Crippen LogP contribution is -2.01. The Bertz CT molecular complexity index is 561. The van der Waals surface area contributed by atoms with Gasteiger partial charge in [-0.15, -0.1) is 0 Å². The van der Waals surface area contributed by atoms with Gasteiger partial charge in [-0.25, -0.2) is 0 Å². The van der Waals surface area contributed by atoms with E-state index in [1.807, 2.05) is 10.7 Å². The standard InChI is InChI=1S/C15H20N2O2/c1-5-17-14(9-12(16-17)10-18-3)13-7-6-11(2)8-15(13)19-4/h6-9H,5,10H2,1-4H3. The van der Waals surface area contributed by atoms with Crippen molar-refractivity contribution >= 4 is 0 Å². The Morgan fingerprint density at radius 1 is 1.21 bits per heavy atom. The third-order valence-corrected chi connectivity index (χ3v) is 3.06. The number of hydrogen-bond acceptors (Lipinski definition) is 3. The van der Waals surface area contributed by atoms with E-state index >= 15 is 0 Å². The Kier molecular flexibility index (Phi) is 4.22. The third kappa shape index (κ3) is 2.79. The highest BCUT2D eigenvalue weighted by Gasteiger charge is 2.13. The number of benzene rings is 1. The Balaban J connectivity index is 2.51. The van der Waals surface area contributed by atoms with Crippen LogP contribution in [0.5, 0.6) is 5.75 Å². The van der Waals surface area contributed by atoms with Gasteiger partial charge in [0, 0.05) is 19.2 Å². The van der Waals surface area contributed by atoms with Crippen LogP contribution in [0.3, 0.4) is 0 Å². The minimum atomic E-state index is 0.522. The number of methoxy groups -OCH3 is 2. The molecule has 102 valence electrons. The van der Waals surface area contributed by atoms with Crippen molar-refractivity contribution in [1.29, 1.82) is 0 Å². The molecule has 2 rings (SSSR count). The summed E-state index contributed by atoms with van der Waals surface area (Å²) in [5.41, 5.74) is 4.23. The second-order valence-electron chi connectivity index (χ2n) is 4.47. The number of hydrogen-bond donors (Lipinski definition) is 0. The zero-order valence-corrected chi connectivity index (χ0v) is 11.9. The van der Waals surface area contributed by atoms with Crippen LogP contribution >= 0.6 is 0 Å². The molecule has 0 fully saturated rings. The van der Waals surface area contributed by atoms with Gasteiger partial charge in [-0.3, -0.25) is 4.68 Å². The lowest BCUT2D eigenvalue weighted by molar-refractivity contribution is 0.180. The van der Waals surface area contributed by atoms with Gasteiger partial charge in [0.25, 0.3) is 0 Å². The molecule has 0 N–H and O–H groups in total. The van der Waals surface area contributed by atoms with Gasteiger partial charge in [-0.1, -0.05) is 6.07 Å². The zero-order chi connectivity index (χ0) is 13.8. The summed E-state index contributed by atoms with van der Waals surface area (Å²) in [6, 6.07) is 8.26. The van der Waals surface area contributed by atoms with Crippen LogP contribution in [0.15, 0.2) is 24.3 Å². The Labute approximate surface area is 114 Å². The van der Waals surface area contributed by atoms with Gasteiger partial charge < -0.3 is 9.47 Å². The van der Waals surface area contributed by atoms with Crippen LogP contribution in [0.4, 0.5) is 0 Å². The maximum atomic E-state index is 5.48. The van der Waals surface area contributed by atoms with Gasteiger partial charge in [-0.05, 0) is 37.6 Å². The maximum absolute atomic E-state index is 5.48. The lowest BCUT2D eigenvalue weighted by Gasteiger charge is -2.10. The van der Waals surface area contributed by atoms with Crippen molar-refractivity contribution in [3.05, 3.63) is 35.5 Å². The largest absolute Gasteiger partial charge is 0.496 e. The van der Waals surface area contributed by atoms with Crippen molar-refractivity contribution in [2.24, 2.45) is 0 Å². The van der Waals surface area contributed by atoms with Gasteiger partial charge in [0.05, 0.1) is 25.1 Å². The van der Waals surface area contributed by atoms with Crippen LogP contribution < -0.4 is 4.74 Å². The Morgan fingerprint density at radius 3 is 2.63 bits per heavy atom. The molecule has 4 nitrogen and oxygen atoms in total. The number of aromatic nitrogens is 2. The summed E-state index contributed by atoms with van der Waals surface area (Å²) in [7, 11) is 3.37. The molecule has 0 aliphatic carbocycles. The summed E-state index contributed by atoms with van der Waals surface area (Å²) in [5.74, 6) is 0.874. The van der Waals surface area contributed by atoms with E-state index in [9.17, 15) is 0 Å². The summed E-state index contributed by atoms with van der Waals surface area (Å²) in [6.45, 7) is 5.47. The number of rotatable bonds is 5. The van der Waals surface area contributed by atoms with Crippen molar-refractivity contribution < 1.29 is 9.47 Å². The maximum Gasteiger partial charge on any atom is 0.128 e. The second kappa shape index (κ2) is 5.89. The predicted molar refractivity (Wildman–Crippen MR) is 75.3 cm³/mol. The van der Waals surface area contributed by atoms with Gasteiger partial charge in [0.1, 0.15) is 5.75 Å². The molecule has 0 unspecified atom stereocenters. The summed E-state index contributed by atoms with van der Waals surface area (Å²) >= 11 is 0. The van der Waals surface area contributed by atoms with E-state index < -0.39 is 0 Å². The molecule has 0 aliphatic rings. The molecule has 19 heavy (non-hydrogen) atoms. The molecule has 0 amide bonds. The van der Waals surface area contributed by atoms with E-state index in [4.69, 9.17) is 9.47 Å². The highest BCUT2D eigenvalue weighted by molar-refractivity contribution is 5.68. The summed E-state index contributed by atoms with van der Waals surface area (Å²) in [5, 5.41) is 4.53. The van der Waals surface area contributed by atoms with Crippen molar-refractivity contribution in [2.75, 3.05) is 14.2 Å². The molecule has 4 heteroatoms. The lowest BCUT2D eigenvalue weighted by atomic mass is 10.1. The minimum Gasteiger partial charge on any atom is -0.496 e. The molecule has 0 spiro atoms. The first-order valence-corrected chi connectivity index (χ1v) is 6.40. The molecule has 0 saturated carbocycles. The number of nitrogens with zero attached hydrogens (tertiary/aromatic N) is 2. The highest BCUT2D eigenvalue weighted by atomic mass is 16.5. The van der Waals surface area contributed by atoms with E-state index in [0.29, 0.717) is 6.61 Å². The van der Waals surface area contributed by atoms with E-state index in [-0.39, 0.29) is 0 Å². The van der Waals surface area contributed by atoms with Crippen LogP contribution in [0.2, 0.25) is 0 Å². The Morgan fingerprint density at radius 2 is 2.00 bits per heavy atom. The average Bonchev–Trinajstić information content (AvgIpc) is 2.82. The zero-order valence-electron chi connectivity index (χ0n) is 11.9. The average molecular weight is 260 g/mol. The quantitative estimate of drug-likeness (QED) is 0.829. The summed E-state index contributed by atoms with van der Waals surface area (Å²) in [4.78, 5) is 0. The van der Waals surface area contributed by atoms with E-state index in [0.717, 1.165) is 29.2 Å². The van der Waals surface area contributed by atoms with Crippen LogP contribution in [0.25, 0.3) is 11.3 Å². The van der Waals surface area contributed by atoms with Crippen LogP contribution in [0.1, 0.15) is 18.2 Å². The summed E-state index contributed by atoms with van der Waals surface area (Å²) < 4.78 is 12.6. The van der Waals surface area contributed by atoms with Crippen LogP contribution in [-0.2, 0) is 17.9 Å². The van der Waals surface area contributed by atoms with Crippen molar-refractivity contribution in [3.8, 4) is 17.0 Å². The molecule has 0 aliphatic heterocycles. The topological polar surface area (TPSA) is 36.3 Å². The fraction of sp³-hybridized carbons (Fsp3) is 0.400. The van der Waals surface area contributed by atoms with Crippen molar-refractivity contribution in [1.82, 2.24) is 9.78 Å². The smallest absolute Gasteiger partial charge is 0.128 e. The second-order valence-corrected chi connectivity index (χ2v) is 4.47. The molecule has 0 radical (unpaired) electrons. The SMILES string of the molecule is CCn1nc(COC)cc1-c1ccc(C)cc1OC. The first kappa shape index (κ1) is 13.6. The van der Waals surface area contributed by atoms with Gasteiger partial charge >= 0.3 is 0 Å². The first-order chi connectivity index (χ1) is 9.19. The van der Waals surface area contributed by atoms with Gasteiger partial charge in [0.2, 0.25) is 0 Å². The molecular formula is C15H20N2O2. The van der Waals surface area contributed by atoms with E-state index in [1.165, 1.54) is 5.56 Å². The van der Waals surface area contributed by atoms with E-state index in [1.54, 1.807) is 14.2 Å². The minimum absolute atomic E-state index is 0.522. The van der Waals surface area contributed by atoms with Gasteiger partial charge in [0.15, 0.2) is 0 Å². The molecule has 2 aromatic rings. The molecule has 1 heterocycles.